The summed E-state index contributed by atoms with van der Waals surface area (Å²) in [5.74, 6) is -1.30. The zero-order valence-corrected chi connectivity index (χ0v) is 15.2. The fourth-order valence-corrected chi connectivity index (χ4v) is 3.12. The van der Waals surface area contributed by atoms with E-state index in [2.05, 4.69) is 10.3 Å². The molecule has 29 heavy (non-hydrogen) atoms. The Bertz CT molecular complexity index is 1300. The second-order valence-corrected chi connectivity index (χ2v) is 6.49. The van der Waals surface area contributed by atoms with E-state index < -0.39 is 11.7 Å². The fraction of sp³-hybridized carbons (Fsp3) is 0.0455. The Morgan fingerprint density at radius 2 is 1.90 bits per heavy atom. The van der Waals surface area contributed by atoms with Crippen molar-refractivity contribution in [2.45, 2.75) is 6.42 Å². The van der Waals surface area contributed by atoms with Gasteiger partial charge in [0.25, 0.3) is 5.91 Å². The number of carbonyl (C=O) groups excluding carboxylic acids is 1. The van der Waals surface area contributed by atoms with Gasteiger partial charge in [0.2, 0.25) is 0 Å². The molecule has 0 atom stereocenters. The summed E-state index contributed by atoms with van der Waals surface area (Å²) in [4.78, 5) is 28.3. The molecule has 4 aromatic rings. The summed E-state index contributed by atoms with van der Waals surface area (Å²) in [6.45, 7) is 0. The maximum atomic E-state index is 13.2. The highest BCUT2D eigenvalue weighted by Crippen LogP contribution is 2.12. The normalized spacial score (nSPS) is 12.0. The summed E-state index contributed by atoms with van der Waals surface area (Å²) < 4.78 is 14.9. The number of carbonyl (C=O) groups is 1. The molecular formula is C22H16FN3O3. The number of pyridine rings is 2. The summed E-state index contributed by atoms with van der Waals surface area (Å²) in [5, 5.41) is 13.3. The van der Waals surface area contributed by atoms with Gasteiger partial charge in [0.15, 0.2) is 11.2 Å². The number of aliphatic hydroxyl groups excluding tert-OH is 1. The number of nitrogens with one attached hydrogen (secondary N) is 1. The van der Waals surface area contributed by atoms with Crippen LogP contribution in [0, 0.1) is 5.82 Å². The van der Waals surface area contributed by atoms with Crippen LogP contribution in [0.15, 0.2) is 77.9 Å². The molecule has 3 heterocycles. The van der Waals surface area contributed by atoms with Crippen LogP contribution in [-0.4, -0.2) is 20.4 Å². The number of fused-ring (bicyclic) bond motifs is 1. The number of nitrogens with zero attached hydrogens (tertiary/aromatic N) is 2. The molecule has 0 saturated heterocycles. The lowest BCUT2D eigenvalue weighted by Gasteiger charge is -2.03. The van der Waals surface area contributed by atoms with Gasteiger partial charge in [-0.15, -0.1) is 0 Å². The summed E-state index contributed by atoms with van der Waals surface area (Å²) in [7, 11) is 0. The van der Waals surface area contributed by atoms with Gasteiger partial charge < -0.3 is 14.8 Å². The van der Waals surface area contributed by atoms with Crippen LogP contribution in [0.4, 0.5) is 10.2 Å². The van der Waals surface area contributed by atoms with Crippen LogP contribution in [0.1, 0.15) is 11.3 Å². The molecule has 7 heteroatoms. The monoisotopic (exact) mass is 389 g/mol. The minimum Gasteiger partial charge on any atom is -0.503 e. The molecule has 0 aliphatic rings. The van der Waals surface area contributed by atoms with Crippen LogP contribution in [0.5, 0.6) is 0 Å². The molecule has 0 saturated carbocycles. The summed E-state index contributed by atoms with van der Waals surface area (Å²) in [5.41, 5.74) is 1.74. The summed E-state index contributed by atoms with van der Waals surface area (Å²) in [6.07, 6.45) is 3.53. The van der Waals surface area contributed by atoms with Crippen molar-refractivity contribution in [3.8, 4) is 0 Å². The molecule has 1 aromatic carbocycles. The highest BCUT2D eigenvalue weighted by Gasteiger charge is 2.15. The SMILES string of the molecule is O=C(Nc1ccccn1)/C(O)=c1\cc(Cc2ccc(F)cc2)n2ccc(=O)cc12. The maximum Gasteiger partial charge on any atom is 0.292 e. The first-order chi connectivity index (χ1) is 14.0. The average molecular weight is 389 g/mol. The smallest absolute Gasteiger partial charge is 0.292 e. The van der Waals surface area contributed by atoms with Crippen molar-refractivity contribution in [1.82, 2.24) is 9.38 Å². The zero-order chi connectivity index (χ0) is 20.4. The number of anilines is 1. The van der Waals surface area contributed by atoms with Gasteiger partial charge in [-0.2, -0.15) is 0 Å². The predicted octanol–water partition coefficient (Wildman–Crippen LogP) is 2.45. The number of benzene rings is 1. The Kier molecular flexibility index (Phi) is 4.78. The molecule has 0 aliphatic carbocycles. The highest BCUT2D eigenvalue weighted by molar-refractivity contribution is 6.17. The highest BCUT2D eigenvalue weighted by atomic mass is 19.1. The van der Waals surface area contributed by atoms with Gasteiger partial charge in [-0.3, -0.25) is 9.59 Å². The first kappa shape index (κ1) is 18.4. The van der Waals surface area contributed by atoms with E-state index in [1.165, 1.54) is 30.5 Å². The predicted molar refractivity (Wildman–Crippen MR) is 107 cm³/mol. The Balaban J connectivity index is 1.80. The Labute approximate surface area is 164 Å². The van der Waals surface area contributed by atoms with Crippen LogP contribution >= 0.6 is 0 Å². The second kappa shape index (κ2) is 7.55. The van der Waals surface area contributed by atoms with E-state index in [4.69, 9.17) is 0 Å². The summed E-state index contributed by atoms with van der Waals surface area (Å²) in [6, 6.07) is 15.5. The topological polar surface area (TPSA) is 83.7 Å². The third kappa shape index (κ3) is 3.84. The fourth-order valence-electron chi connectivity index (χ4n) is 3.12. The molecule has 6 nitrogen and oxygen atoms in total. The van der Waals surface area contributed by atoms with Gasteiger partial charge in [-0.25, -0.2) is 9.37 Å². The molecular weight excluding hydrogens is 373 g/mol. The van der Waals surface area contributed by atoms with Gasteiger partial charge in [0, 0.05) is 41.9 Å². The van der Waals surface area contributed by atoms with Crippen LogP contribution in [-0.2, 0) is 11.2 Å². The molecule has 0 spiro atoms. The van der Waals surface area contributed by atoms with E-state index in [-0.39, 0.29) is 16.5 Å². The third-order valence-corrected chi connectivity index (χ3v) is 4.50. The van der Waals surface area contributed by atoms with Crippen molar-refractivity contribution in [3.05, 3.63) is 106 Å². The summed E-state index contributed by atoms with van der Waals surface area (Å²) >= 11 is 0. The minimum atomic E-state index is -0.735. The molecule has 3 aromatic heterocycles. The van der Waals surface area contributed by atoms with E-state index in [1.54, 1.807) is 47.0 Å². The lowest BCUT2D eigenvalue weighted by molar-refractivity contribution is -0.112. The maximum absolute atomic E-state index is 13.2. The quantitative estimate of drug-likeness (QED) is 0.562. The van der Waals surface area contributed by atoms with Gasteiger partial charge >= 0.3 is 0 Å². The Hall–Kier alpha value is -4.00. The number of rotatable bonds is 4. The molecule has 1 amide bonds. The molecule has 4 rings (SSSR count). The van der Waals surface area contributed by atoms with Gasteiger partial charge in [-0.05, 0) is 35.9 Å². The number of aromatic nitrogens is 2. The molecule has 0 fully saturated rings. The van der Waals surface area contributed by atoms with Crippen LogP contribution in [0.2, 0.25) is 0 Å². The van der Waals surface area contributed by atoms with Crippen molar-refractivity contribution in [3.63, 3.8) is 0 Å². The molecule has 0 unspecified atom stereocenters. The number of aliphatic hydroxyl groups is 1. The second-order valence-electron chi connectivity index (χ2n) is 6.49. The lowest BCUT2D eigenvalue weighted by Crippen LogP contribution is -2.20. The zero-order valence-electron chi connectivity index (χ0n) is 15.2. The van der Waals surface area contributed by atoms with Crippen LogP contribution in [0.25, 0.3) is 11.3 Å². The van der Waals surface area contributed by atoms with Gasteiger partial charge in [0.1, 0.15) is 11.6 Å². The molecule has 0 aliphatic heterocycles. The molecule has 0 radical (unpaired) electrons. The third-order valence-electron chi connectivity index (χ3n) is 4.50. The van der Waals surface area contributed by atoms with Crippen LogP contribution < -0.4 is 16.0 Å². The Morgan fingerprint density at radius 3 is 2.62 bits per heavy atom. The van der Waals surface area contributed by atoms with E-state index >= 15 is 0 Å². The largest absolute Gasteiger partial charge is 0.503 e. The number of hydrogen-bond acceptors (Lipinski definition) is 4. The van der Waals surface area contributed by atoms with E-state index in [9.17, 15) is 19.1 Å². The van der Waals surface area contributed by atoms with E-state index in [0.717, 1.165) is 11.3 Å². The Morgan fingerprint density at radius 1 is 1.10 bits per heavy atom. The number of amides is 1. The average Bonchev–Trinajstić information content (AvgIpc) is 3.07. The molecule has 2 N–H and O–H groups in total. The van der Waals surface area contributed by atoms with Crippen molar-refractivity contribution < 1.29 is 14.3 Å². The standard InChI is InChI=1S/C22H16FN3O3/c23-15-6-4-14(5-7-15)11-16-12-18(19-13-17(27)8-10-26(16)19)21(28)22(29)25-20-3-1-2-9-24-20/h1-10,12-13,28H,11H2,(H,24,25,29)/b21-18-. The van der Waals surface area contributed by atoms with Crippen LogP contribution in [0.3, 0.4) is 0 Å². The van der Waals surface area contributed by atoms with Crippen molar-refractivity contribution in [1.29, 1.82) is 0 Å². The first-order valence-corrected chi connectivity index (χ1v) is 8.85. The first-order valence-electron chi connectivity index (χ1n) is 8.85. The lowest BCUT2D eigenvalue weighted by atomic mass is 10.1. The number of hydrogen-bond donors (Lipinski definition) is 2. The van der Waals surface area contributed by atoms with E-state index in [0.29, 0.717) is 17.8 Å². The number of halogens is 1. The van der Waals surface area contributed by atoms with Crippen molar-refractivity contribution >= 4 is 23.0 Å². The van der Waals surface area contributed by atoms with Gasteiger partial charge in [0.05, 0.1) is 5.52 Å². The van der Waals surface area contributed by atoms with Crippen molar-refractivity contribution in [2.24, 2.45) is 0 Å². The minimum absolute atomic E-state index is 0.230. The van der Waals surface area contributed by atoms with E-state index in [1.807, 2.05) is 0 Å². The van der Waals surface area contributed by atoms with Crippen molar-refractivity contribution in [2.75, 3.05) is 5.32 Å². The molecule has 0 bridgehead atoms. The molecule has 144 valence electrons. The van der Waals surface area contributed by atoms with Gasteiger partial charge in [-0.1, -0.05) is 18.2 Å².